The maximum atomic E-state index is 12.6. The Balaban J connectivity index is 0.00000289. The number of aryl methyl sites for hydroxylation is 1. The second-order valence-electron chi connectivity index (χ2n) is 8.42. The molecule has 2 N–H and O–H groups in total. The number of hydrogen-bond donors (Lipinski definition) is 2. The van der Waals surface area contributed by atoms with Crippen LogP contribution in [0.5, 0.6) is 0 Å². The molecule has 1 amide bonds. The normalized spacial score (nSPS) is 18.2. The summed E-state index contributed by atoms with van der Waals surface area (Å²) in [6.07, 6.45) is 7.58. The molecule has 0 saturated carbocycles. The third kappa shape index (κ3) is 6.14. The number of piperidine rings is 1. The van der Waals surface area contributed by atoms with Crippen LogP contribution in [-0.4, -0.2) is 59.3 Å². The Labute approximate surface area is 207 Å². The highest BCUT2D eigenvalue weighted by Crippen LogP contribution is 2.23. The molecule has 2 aliphatic rings. The number of amides is 1. The summed E-state index contributed by atoms with van der Waals surface area (Å²) in [5.41, 5.74) is 3.71. The van der Waals surface area contributed by atoms with Crippen LogP contribution in [0.15, 0.2) is 41.7 Å². The van der Waals surface area contributed by atoms with Crippen molar-refractivity contribution in [3.8, 4) is 0 Å². The molecule has 4 rings (SSSR count). The monoisotopic (exact) mass is 551 g/mol. The summed E-state index contributed by atoms with van der Waals surface area (Å²) >= 11 is 0. The molecule has 0 aliphatic carbocycles. The fraction of sp³-hybridized carbons (Fsp3) is 0.522. The van der Waals surface area contributed by atoms with Gasteiger partial charge in [0.1, 0.15) is 0 Å². The van der Waals surface area contributed by atoms with Crippen LogP contribution in [0.4, 0.5) is 5.69 Å². The van der Waals surface area contributed by atoms with E-state index in [4.69, 9.17) is 0 Å². The number of nitrogens with one attached hydrogen (secondary N) is 2. The Hall–Kier alpha value is -2.30. The molecule has 32 heavy (non-hydrogen) atoms. The van der Waals surface area contributed by atoms with Crippen molar-refractivity contribution in [2.45, 2.75) is 44.8 Å². The molecular formula is C23H34IN7O. The van der Waals surface area contributed by atoms with Crippen LogP contribution in [-0.2, 0) is 24.9 Å². The van der Waals surface area contributed by atoms with Crippen molar-refractivity contribution in [3.63, 3.8) is 0 Å². The Morgan fingerprint density at radius 2 is 2.00 bits per heavy atom. The van der Waals surface area contributed by atoms with Crippen molar-refractivity contribution in [1.29, 1.82) is 0 Å². The first kappa shape index (κ1) is 24.3. The number of anilines is 1. The summed E-state index contributed by atoms with van der Waals surface area (Å²) in [5.74, 6) is 1.03. The van der Waals surface area contributed by atoms with Gasteiger partial charge in [0.2, 0.25) is 5.91 Å². The van der Waals surface area contributed by atoms with Crippen molar-refractivity contribution in [1.82, 2.24) is 25.3 Å². The van der Waals surface area contributed by atoms with Gasteiger partial charge in [-0.2, -0.15) is 5.10 Å². The zero-order valence-corrected chi connectivity index (χ0v) is 21.3. The first-order valence-corrected chi connectivity index (χ1v) is 11.2. The molecule has 8 nitrogen and oxygen atoms in total. The van der Waals surface area contributed by atoms with E-state index in [2.05, 4.69) is 44.0 Å². The highest BCUT2D eigenvalue weighted by atomic mass is 127. The molecule has 1 unspecified atom stereocenters. The first-order valence-electron chi connectivity index (χ1n) is 11.2. The van der Waals surface area contributed by atoms with Gasteiger partial charge < -0.3 is 20.4 Å². The number of aliphatic imine (C=N–C) groups is 1. The highest BCUT2D eigenvalue weighted by molar-refractivity contribution is 14.0. The Morgan fingerprint density at radius 1 is 1.25 bits per heavy atom. The minimum atomic E-state index is 0. The number of carbonyl (C=O) groups excluding carboxylic acids is 1. The molecule has 1 atom stereocenters. The van der Waals surface area contributed by atoms with Crippen molar-refractivity contribution in [3.05, 3.63) is 47.8 Å². The molecule has 0 spiro atoms. The lowest BCUT2D eigenvalue weighted by atomic mass is 10.1. The van der Waals surface area contributed by atoms with E-state index in [1.54, 1.807) is 7.05 Å². The van der Waals surface area contributed by atoms with Crippen molar-refractivity contribution in [2.75, 3.05) is 31.6 Å². The quantitative estimate of drug-likeness (QED) is 0.250. The molecule has 1 aromatic carbocycles. The maximum Gasteiger partial charge on any atom is 0.223 e. The van der Waals surface area contributed by atoms with Crippen LogP contribution in [0.25, 0.3) is 0 Å². The first-order chi connectivity index (χ1) is 15.1. The van der Waals surface area contributed by atoms with Crippen LogP contribution in [0.2, 0.25) is 0 Å². The number of guanidine groups is 1. The summed E-state index contributed by atoms with van der Waals surface area (Å²) in [7, 11) is 3.74. The van der Waals surface area contributed by atoms with Crippen LogP contribution >= 0.6 is 24.0 Å². The van der Waals surface area contributed by atoms with E-state index in [0.717, 1.165) is 57.9 Å². The number of aromatic nitrogens is 2. The standard InChI is InChI=1S/C23H33N7O.HI/c1-24-23(27-20-9-6-12-29(16-20)21-13-26-28(2)17-21)25-11-5-10-22(31)30-14-18-7-3-4-8-19(18)15-30;/h3-4,7-8,13,17,20H,5-6,9-12,14-16H2,1-2H3,(H2,24,25,27);1H. The second kappa shape index (κ2) is 11.5. The molecule has 9 heteroatoms. The lowest BCUT2D eigenvalue weighted by Crippen LogP contribution is -2.51. The largest absolute Gasteiger partial charge is 0.367 e. The summed E-state index contributed by atoms with van der Waals surface area (Å²) in [5, 5.41) is 11.2. The third-order valence-electron chi connectivity index (χ3n) is 6.10. The molecule has 2 aromatic rings. The summed E-state index contributed by atoms with van der Waals surface area (Å²) in [4.78, 5) is 21.2. The Morgan fingerprint density at radius 3 is 2.66 bits per heavy atom. The summed E-state index contributed by atoms with van der Waals surface area (Å²) in [6, 6.07) is 8.64. The number of hydrogen-bond acceptors (Lipinski definition) is 4. The molecule has 0 radical (unpaired) electrons. The van der Waals surface area contributed by atoms with Gasteiger partial charge in [-0.05, 0) is 30.4 Å². The van der Waals surface area contributed by atoms with Gasteiger partial charge in [-0.1, -0.05) is 24.3 Å². The minimum absolute atomic E-state index is 0. The van der Waals surface area contributed by atoms with Gasteiger partial charge in [-0.15, -0.1) is 24.0 Å². The molecule has 3 heterocycles. The zero-order valence-electron chi connectivity index (χ0n) is 19.0. The van der Waals surface area contributed by atoms with E-state index in [-0.39, 0.29) is 29.9 Å². The lowest BCUT2D eigenvalue weighted by Gasteiger charge is -2.34. The molecule has 0 bridgehead atoms. The molecule has 1 aromatic heterocycles. The van der Waals surface area contributed by atoms with E-state index >= 15 is 0 Å². The highest BCUT2D eigenvalue weighted by Gasteiger charge is 2.23. The van der Waals surface area contributed by atoms with Gasteiger partial charge in [0.05, 0.1) is 11.9 Å². The van der Waals surface area contributed by atoms with Crippen molar-refractivity contribution >= 4 is 41.5 Å². The van der Waals surface area contributed by atoms with Crippen molar-refractivity contribution in [2.24, 2.45) is 12.0 Å². The number of halogens is 1. The van der Waals surface area contributed by atoms with Crippen LogP contribution in [0.3, 0.4) is 0 Å². The topological polar surface area (TPSA) is 77.8 Å². The van der Waals surface area contributed by atoms with E-state index in [9.17, 15) is 4.79 Å². The van der Waals surface area contributed by atoms with Crippen LogP contribution < -0.4 is 15.5 Å². The number of benzene rings is 1. The predicted molar refractivity (Wildman–Crippen MR) is 138 cm³/mol. The number of carbonyl (C=O) groups is 1. The SMILES string of the molecule is CN=C(NCCCC(=O)N1Cc2ccccc2C1)NC1CCCN(c2cnn(C)c2)C1.I. The van der Waals surface area contributed by atoms with Crippen molar-refractivity contribution < 1.29 is 4.79 Å². The molecule has 1 fully saturated rings. The predicted octanol–water partition coefficient (Wildman–Crippen LogP) is 2.49. The Kier molecular flexibility index (Phi) is 8.77. The lowest BCUT2D eigenvalue weighted by molar-refractivity contribution is -0.131. The van der Waals surface area contributed by atoms with E-state index < -0.39 is 0 Å². The fourth-order valence-electron chi connectivity index (χ4n) is 4.40. The average Bonchev–Trinajstić information content (AvgIpc) is 3.42. The average molecular weight is 551 g/mol. The summed E-state index contributed by atoms with van der Waals surface area (Å²) in [6.45, 7) is 4.19. The van der Waals surface area contributed by atoms with Crippen LogP contribution in [0, 0.1) is 0 Å². The van der Waals surface area contributed by atoms with Gasteiger partial charge in [0.25, 0.3) is 0 Å². The van der Waals surface area contributed by atoms with Gasteiger partial charge in [0, 0.05) is 65.5 Å². The molecule has 1 saturated heterocycles. The third-order valence-corrected chi connectivity index (χ3v) is 6.10. The van der Waals surface area contributed by atoms with E-state index in [1.807, 2.05) is 35.0 Å². The number of nitrogens with zero attached hydrogens (tertiary/aromatic N) is 5. The number of fused-ring (bicyclic) bond motifs is 1. The van der Waals surface area contributed by atoms with Crippen LogP contribution in [0.1, 0.15) is 36.8 Å². The zero-order chi connectivity index (χ0) is 21.6. The van der Waals surface area contributed by atoms with E-state index in [0.29, 0.717) is 12.5 Å². The fourth-order valence-corrected chi connectivity index (χ4v) is 4.40. The summed E-state index contributed by atoms with van der Waals surface area (Å²) < 4.78 is 1.84. The smallest absolute Gasteiger partial charge is 0.223 e. The maximum absolute atomic E-state index is 12.6. The minimum Gasteiger partial charge on any atom is -0.367 e. The van der Waals surface area contributed by atoms with Gasteiger partial charge in [0.15, 0.2) is 5.96 Å². The number of rotatable bonds is 6. The van der Waals surface area contributed by atoms with Gasteiger partial charge >= 0.3 is 0 Å². The molecule has 2 aliphatic heterocycles. The van der Waals surface area contributed by atoms with Gasteiger partial charge in [-0.3, -0.25) is 14.5 Å². The Bertz CT molecular complexity index is 904. The van der Waals surface area contributed by atoms with E-state index in [1.165, 1.54) is 16.8 Å². The van der Waals surface area contributed by atoms with Gasteiger partial charge in [-0.25, -0.2) is 0 Å². The second-order valence-corrected chi connectivity index (χ2v) is 8.42. The molecule has 174 valence electrons. The molecular weight excluding hydrogens is 517 g/mol.